The van der Waals surface area contributed by atoms with Gasteiger partial charge in [0, 0.05) is 23.4 Å². The Kier molecular flexibility index (Phi) is 5.60. The van der Waals surface area contributed by atoms with Crippen LogP contribution in [0.3, 0.4) is 0 Å². The van der Waals surface area contributed by atoms with Crippen LogP contribution in [-0.2, 0) is 6.54 Å². The molecule has 6 heteroatoms. The molecule has 1 aliphatic heterocycles. The first-order valence-electron chi connectivity index (χ1n) is 7.73. The number of nitrogens with one attached hydrogen (secondary N) is 2. The number of nitrogens with zero attached hydrogens (tertiary/aromatic N) is 2. The summed E-state index contributed by atoms with van der Waals surface area (Å²) in [5.74, 6) is 0.836. The fraction of sp³-hybridized carbons (Fsp3) is 0.625. The zero-order valence-corrected chi connectivity index (χ0v) is 13.9. The summed E-state index contributed by atoms with van der Waals surface area (Å²) >= 11 is 0. The number of aromatic nitrogens is 1. The van der Waals surface area contributed by atoms with Crippen LogP contribution in [0.15, 0.2) is 6.20 Å². The van der Waals surface area contributed by atoms with E-state index < -0.39 is 0 Å². The van der Waals surface area contributed by atoms with Crippen LogP contribution < -0.4 is 15.4 Å². The summed E-state index contributed by atoms with van der Waals surface area (Å²) in [6.45, 7) is 6.38. The molecule has 0 aliphatic carbocycles. The van der Waals surface area contributed by atoms with Gasteiger partial charge in [0.05, 0.1) is 19.3 Å². The van der Waals surface area contributed by atoms with Crippen molar-refractivity contribution in [2.24, 2.45) is 0 Å². The third kappa shape index (κ3) is 4.10. The number of carbonyl (C=O) groups excluding carboxylic acids is 1. The Morgan fingerprint density at radius 2 is 2.09 bits per heavy atom. The van der Waals surface area contributed by atoms with E-state index >= 15 is 0 Å². The van der Waals surface area contributed by atoms with Crippen LogP contribution in [-0.4, -0.2) is 49.2 Å². The summed E-state index contributed by atoms with van der Waals surface area (Å²) in [6, 6.07) is 0.133. The number of ether oxygens (including phenoxy) is 1. The van der Waals surface area contributed by atoms with E-state index in [0.717, 1.165) is 48.5 Å². The molecule has 0 atom stereocenters. The van der Waals surface area contributed by atoms with E-state index in [1.807, 2.05) is 13.8 Å². The van der Waals surface area contributed by atoms with Crippen LogP contribution in [0.4, 0.5) is 4.79 Å². The van der Waals surface area contributed by atoms with Crippen molar-refractivity contribution in [2.75, 3.05) is 27.2 Å². The lowest BCUT2D eigenvalue weighted by molar-refractivity contribution is 0.213. The average molecular weight is 306 g/mol. The summed E-state index contributed by atoms with van der Waals surface area (Å²) in [6.07, 6.45) is 3.77. The van der Waals surface area contributed by atoms with Gasteiger partial charge in [-0.05, 0) is 46.8 Å². The molecule has 2 amide bonds. The van der Waals surface area contributed by atoms with Crippen molar-refractivity contribution in [1.82, 2.24) is 20.5 Å². The van der Waals surface area contributed by atoms with Crippen LogP contribution in [0.5, 0.6) is 5.75 Å². The fourth-order valence-corrected chi connectivity index (χ4v) is 2.80. The lowest BCUT2D eigenvalue weighted by Crippen LogP contribution is -2.47. The zero-order chi connectivity index (χ0) is 16.1. The Hall–Kier alpha value is -1.82. The predicted octanol–water partition coefficient (Wildman–Crippen LogP) is 1.60. The third-order valence-corrected chi connectivity index (χ3v) is 4.22. The van der Waals surface area contributed by atoms with E-state index in [1.165, 1.54) is 0 Å². The van der Waals surface area contributed by atoms with E-state index in [9.17, 15) is 4.79 Å². The molecule has 0 bridgehead atoms. The van der Waals surface area contributed by atoms with Crippen molar-refractivity contribution in [1.29, 1.82) is 0 Å². The monoisotopic (exact) mass is 306 g/mol. The van der Waals surface area contributed by atoms with Gasteiger partial charge in [0.1, 0.15) is 5.75 Å². The molecule has 1 aromatic heterocycles. The molecule has 0 radical (unpaired) electrons. The number of hydrogen-bond acceptors (Lipinski definition) is 4. The molecule has 22 heavy (non-hydrogen) atoms. The van der Waals surface area contributed by atoms with Crippen molar-refractivity contribution in [3.63, 3.8) is 0 Å². The lowest BCUT2D eigenvalue weighted by Gasteiger charge is -2.29. The van der Waals surface area contributed by atoms with Gasteiger partial charge in [-0.2, -0.15) is 0 Å². The number of urea groups is 1. The molecule has 1 aromatic rings. The van der Waals surface area contributed by atoms with Crippen molar-refractivity contribution >= 4 is 6.03 Å². The molecular formula is C16H26N4O2. The molecule has 2 rings (SSSR count). The quantitative estimate of drug-likeness (QED) is 0.887. The third-order valence-electron chi connectivity index (χ3n) is 4.22. The summed E-state index contributed by atoms with van der Waals surface area (Å²) in [7, 11) is 3.76. The highest BCUT2D eigenvalue weighted by Crippen LogP contribution is 2.23. The molecule has 0 spiro atoms. The molecule has 2 heterocycles. The first kappa shape index (κ1) is 16.5. The van der Waals surface area contributed by atoms with E-state index in [4.69, 9.17) is 4.74 Å². The molecular weight excluding hydrogens is 280 g/mol. The molecule has 0 aromatic carbocycles. The highest BCUT2D eigenvalue weighted by atomic mass is 16.5. The van der Waals surface area contributed by atoms with Gasteiger partial charge in [0.2, 0.25) is 0 Å². The zero-order valence-electron chi connectivity index (χ0n) is 13.9. The van der Waals surface area contributed by atoms with Crippen molar-refractivity contribution in [3.8, 4) is 5.75 Å². The Morgan fingerprint density at radius 3 is 2.73 bits per heavy atom. The Labute approximate surface area is 132 Å². The van der Waals surface area contributed by atoms with E-state index in [1.54, 1.807) is 13.3 Å². The number of pyridine rings is 1. The summed E-state index contributed by atoms with van der Waals surface area (Å²) in [5, 5.41) is 5.92. The standard InChI is InChI=1S/C16H26N4O2/c1-11-9-17-14(12(2)15(11)22-4)10-18-16(21)19-13-5-7-20(3)8-6-13/h9,13H,5-8,10H2,1-4H3,(H2,18,19,21). The van der Waals surface area contributed by atoms with Crippen LogP contribution in [0.1, 0.15) is 29.7 Å². The topological polar surface area (TPSA) is 66.5 Å². The molecule has 1 aliphatic rings. The minimum atomic E-state index is -0.129. The first-order chi connectivity index (χ1) is 10.5. The molecule has 6 nitrogen and oxygen atoms in total. The highest BCUT2D eigenvalue weighted by molar-refractivity contribution is 5.74. The molecule has 0 saturated carbocycles. The second-order valence-corrected chi connectivity index (χ2v) is 5.95. The van der Waals surface area contributed by atoms with Gasteiger partial charge in [0.25, 0.3) is 0 Å². The number of amides is 2. The normalized spacial score (nSPS) is 16.4. The maximum absolute atomic E-state index is 12.0. The van der Waals surface area contributed by atoms with Crippen molar-refractivity contribution in [3.05, 3.63) is 23.0 Å². The van der Waals surface area contributed by atoms with Gasteiger partial charge in [-0.25, -0.2) is 4.79 Å². The fourth-order valence-electron chi connectivity index (χ4n) is 2.80. The molecule has 122 valence electrons. The number of likely N-dealkylation sites (tertiary alicyclic amines) is 1. The average Bonchev–Trinajstić information content (AvgIpc) is 2.49. The van der Waals surface area contributed by atoms with E-state index in [0.29, 0.717) is 6.54 Å². The number of piperidine rings is 1. The molecule has 0 unspecified atom stereocenters. The van der Waals surface area contributed by atoms with Crippen LogP contribution in [0.2, 0.25) is 0 Å². The lowest BCUT2D eigenvalue weighted by atomic mass is 10.1. The number of carbonyl (C=O) groups is 1. The Bertz CT molecular complexity index is 525. The van der Waals surface area contributed by atoms with Gasteiger partial charge in [0.15, 0.2) is 0 Å². The van der Waals surface area contributed by atoms with Crippen LogP contribution >= 0.6 is 0 Å². The number of aryl methyl sites for hydroxylation is 1. The van der Waals surface area contributed by atoms with Gasteiger partial charge in [-0.3, -0.25) is 4.98 Å². The summed E-state index contributed by atoms with van der Waals surface area (Å²) in [4.78, 5) is 18.7. The van der Waals surface area contributed by atoms with Gasteiger partial charge in [-0.15, -0.1) is 0 Å². The Balaban J connectivity index is 1.86. The number of hydrogen-bond donors (Lipinski definition) is 2. The maximum Gasteiger partial charge on any atom is 0.315 e. The van der Waals surface area contributed by atoms with Gasteiger partial charge >= 0.3 is 6.03 Å². The van der Waals surface area contributed by atoms with Crippen molar-refractivity contribution in [2.45, 2.75) is 39.3 Å². The van der Waals surface area contributed by atoms with Crippen molar-refractivity contribution < 1.29 is 9.53 Å². The minimum Gasteiger partial charge on any atom is -0.496 e. The maximum atomic E-state index is 12.0. The second kappa shape index (κ2) is 7.45. The van der Waals surface area contributed by atoms with Gasteiger partial charge in [-0.1, -0.05) is 0 Å². The largest absolute Gasteiger partial charge is 0.496 e. The van der Waals surface area contributed by atoms with Crippen LogP contribution in [0.25, 0.3) is 0 Å². The summed E-state index contributed by atoms with van der Waals surface area (Å²) < 4.78 is 5.38. The predicted molar refractivity (Wildman–Crippen MR) is 86.2 cm³/mol. The second-order valence-electron chi connectivity index (χ2n) is 5.95. The van der Waals surface area contributed by atoms with Gasteiger partial charge < -0.3 is 20.3 Å². The Morgan fingerprint density at radius 1 is 1.41 bits per heavy atom. The highest BCUT2D eigenvalue weighted by Gasteiger charge is 2.18. The molecule has 2 N–H and O–H groups in total. The summed E-state index contributed by atoms with van der Waals surface area (Å²) in [5.41, 5.74) is 2.81. The van der Waals surface area contributed by atoms with Crippen LogP contribution in [0, 0.1) is 13.8 Å². The number of methoxy groups -OCH3 is 1. The molecule has 1 saturated heterocycles. The van der Waals surface area contributed by atoms with E-state index in [-0.39, 0.29) is 12.1 Å². The first-order valence-corrected chi connectivity index (χ1v) is 7.73. The smallest absolute Gasteiger partial charge is 0.315 e. The number of rotatable bonds is 4. The minimum absolute atomic E-state index is 0.129. The van der Waals surface area contributed by atoms with E-state index in [2.05, 4.69) is 27.6 Å². The SMILES string of the molecule is COc1c(C)cnc(CNC(=O)NC2CCN(C)CC2)c1C. The molecule has 1 fully saturated rings.